The van der Waals surface area contributed by atoms with Crippen LogP contribution in [0.1, 0.15) is 94.1 Å². The van der Waals surface area contributed by atoms with Crippen molar-refractivity contribution in [3.63, 3.8) is 0 Å². The van der Waals surface area contributed by atoms with Gasteiger partial charge in [0.05, 0.1) is 5.56 Å². The number of hydrogen-bond acceptors (Lipinski definition) is 2. The van der Waals surface area contributed by atoms with E-state index < -0.39 is 11.8 Å². The molecule has 5 heteroatoms. The second kappa shape index (κ2) is 7.90. The zero-order chi connectivity index (χ0) is 22.7. The minimum absolute atomic E-state index is 0.00265. The number of carbonyl (C=O) groups is 2. The van der Waals surface area contributed by atoms with Gasteiger partial charge in [-0.25, -0.2) is 9.18 Å². The molecule has 0 bridgehead atoms. The van der Waals surface area contributed by atoms with E-state index in [0.717, 1.165) is 37.7 Å². The second-order valence-electron chi connectivity index (χ2n) is 10.8. The Labute approximate surface area is 185 Å². The molecular formula is C26H36FNO3. The van der Waals surface area contributed by atoms with Crippen LogP contribution in [-0.4, -0.2) is 34.0 Å². The first-order valence-corrected chi connectivity index (χ1v) is 11.9. The third-order valence-electron chi connectivity index (χ3n) is 8.74. The molecule has 31 heavy (non-hydrogen) atoms. The summed E-state index contributed by atoms with van der Waals surface area (Å²) in [6.07, 6.45) is 5.40. The van der Waals surface area contributed by atoms with Crippen molar-refractivity contribution < 1.29 is 19.1 Å². The molecule has 0 aromatic heterocycles. The third kappa shape index (κ3) is 3.39. The van der Waals surface area contributed by atoms with Gasteiger partial charge in [0.1, 0.15) is 5.82 Å². The molecule has 2 saturated carbocycles. The van der Waals surface area contributed by atoms with Crippen LogP contribution in [0.3, 0.4) is 0 Å². The molecule has 3 aliphatic carbocycles. The molecule has 4 nitrogen and oxygen atoms in total. The number of amides is 1. The monoisotopic (exact) mass is 429 g/mol. The van der Waals surface area contributed by atoms with Gasteiger partial charge in [-0.1, -0.05) is 13.0 Å². The molecule has 0 saturated heterocycles. The Morgan fingerprint density at radius 1 is 1.10 bits per heavy atom. The number of carboxylic acids is 1. The van der Waals surface area contributed by atoms with Gasteiger partial charge in [0.25, 0.3) is 0 Å². The Morgan fingerprint density at radius 2 is 1.77 bits per heavy atom. The van der Waals surface area contributed by atoms with Gasteiger partial charge in [0, 0.05) is 18.0 Å². The molecule has 4 rings (SSSR count). The summed E-state index contributed by atoms with van der Waals surface area (Å²) in [6, 6.07) is 3.69. The molecule has 0 radical (unpaired) electrons. The maximum absolute atomic E-state index is 14.9. The summed E-state index contributed by atoms with van der Waals surface area (Å²) in [5, 5.41) is 9.28. The van der Waals surface area contributed by atoms with E-state index in [1.54, 1.807) is 0 Å². The third-order valence-corrected chi connectivity index (χ3v) is 8.74. The number of carboxylic acid groups (broad SMARTS) is 1. The summed E-state index contributed by atoms with van der Waals surface area (Å²) >= 11 is 0. The molecule has 0 spiro atoms. The van der Waals surface area contributed by atoms with E-state index in [1.807, 2.05) is 6.07 Å². The maximum atomic E-state index is 14.9. The molecule has 5 atom stereocenters. The van der Waals surface area contributed by atoms with Crippen LogP contribution in [0.4, 0.5) is 4.39 Å². The highest BCUT2D eigenvalue weighted by atomic mass is 19.1. The van der Waals surface area contributed by atoms with Crippen molar-refractivity contribution in [1.82, 2.24) is 4.90 Å². The summed E-state index contributed by atoms with van der Waals surface area (Å²) in [4.78, 5) is 27.0. The predicted octanol–water partition coefficient (Wildman–Crippen LogP) is 5.64. The number of rotatable bonds is 4. The normalized spacial score (nSPS) is 31.9. The predicted molar refractivity (Wildman–Crippen MR) is 119 cm³/mol. The summed E-state index contributed by atoms with van der Waals surface area (Å²) in [7, 11) is 0. The molecule has 0 heterocycles. The Bertz CT molecular complexity index is 887. The topological polar surface area (TPSA) is 57.6 Å². The minimum atomic E-state index is -1.20. The van der Waals surface area contributed by atoms with Crippen molar-refractivity contribution >= 4 is 11.9 Å². The van der Waals surface area contributed by atoms with Crippen LogP contribution >= 0.6 is 0 Å². The molecule has 1 aromatic carbocycles. The van der Waals surface area contributed by atoms with Gasteiger partial charge < -0.3 is 10.0 Å². The number of hydrogen-bond donors (Lipinski definition) is 1. The van der Waals surface area contributed by atoms with Crippen molar-refractivity contribution in [1.29, 1.82) is 0 Å². The van der Waals surface area contributed by atoms with Crippen LogP contribution in [-0.2, 0) is 11.2 Å². The smallest absolute Gasteiger partial charge is 0.338 e. The molecule has 2 fully saturated rings. The molecule has 1 aromatic rings. The number of aromatic carboxylic acids is 1. The lowest BCUT2D eigenvalue weighted by Crippen LogP contribution is -2.50. The number of nitrogens with zero attached hydrogens (tertiary/aromatic N) is 1. The maximum Gasteiger partial charge on any atom is 0.338 e. The van der Waals surface area contributed by atoms with Crippen LogP contribution < -0.4 is 0 Å². The number of benzene rings is 1. The fraction of sp³-hybridized carbons (Fsp3) is 0.692. The zero-order valence-corrected chi connectivity index (χ0v) is 19.5. The highest BCUT2D eigenvalue weighted by Crippen LogP contribution is 2.63. The molecule has 3 aliphatic rings. The Kier molecular flexibility index (Phi) is 5.68. The van der Waals surface area contributed by atoms with Crippen LogP contribution in [0.15, 0.2) is 12.1 Å². The van der Waals surface area contributed by atoms with Crippen LogP contribution in [0.25, 0.3) is 0 Å². The lowest BCUT2D eigenvalue weighted by Gasteiger charge is -2.51. The van der Waals surface area contributed by atoms with E-state index in [-0.39, 0.29) is 34.9 Å². The second-order valence-corrected chi connectivity index (χ2v) is 10.8. The first-order valence-electron chi connectivity index (χ1n) is 11.9. The van der Waals surface area contributed by atoms with Crippen LogP contribution in [0.2, 0.25) is 0 Å². The summed E-state index contributed by atoms with van der Waals surface area (Å²) in [5.74, 6) is -0.171. The quantitative estimate of drug-likeness (QED) is 0.674. The van der Waals surface area contributed by atoms with E-state index in [4.69, 9.17) is 0 Å². The first-order chi connectivity index (χ1) is 14.6. The number of halogens is 1. The van der Waals surface area contributed by atoms with E-state index in [0.29, 0.717) is 29.7 Å². The lowest BCUT2D eigenvalue weighted by atomic mass is 9.54. The Morgan fingerprint density at radius 3 is 2.39 bits per heavy atom. The lowest BCUT2D eigenvalue weighted by molar-refractivity contribution is -0.144. The molecule has 1 amide bonds. The molecule has 170 valence electrons. The average molecular weight is 430 g/mol. The summed E-state index contributed by atoms with van der Waals surface area (Å²) < 4.78 is 14.9. The summed E-state index contributed by atoms with van der Waals surface area (Å²) in [6.45, 7) is 10.7. The Hall–Kier alpha value is -1.91. The van der Waals surface area contributed by atoms with Crippen molar-refractivity contribution in [3.05, 3.63) is 34.6 Å². The zero-order valence-electron chi connectivity index (χ0n) is 19.5. The number of carbonyl (C=O) groups excluding carboxylic acids is 1. The van der Waals surface area contributed by atoms with Gasteiger partial charge in [0.15, 0.2) is 0 Å². The van der Waals surface area contributed by atoms with Gasteiger partial charge in [-0.2, -0.15) is 0 Å². The minimum Gasteiger partial charge on any atom is -0.478 e. The highest BCUT2D eigenvalue weighted by molar-refractivity contribution is 5.88. The molecule has 1 N–H and O–H groups in total. The molecular weight excluding hydrogens is 393 g/mol. The Balaban J connectivity index is 1.62. The van der Waals surface area contributed by atoms with Crippen molar-refractivity contribution in [2.45, 2.75) is 91.1 Å². The van der Waals surface area contributed by atoms with E-state index in [1.165, 1.54) is 6.07 Å². The van der Waals surface area contributed by atoms with E-state index in [2.05, 4.69) is 39.5 Å². The van der Waals surface area contributed by atoms with Gasteiger partial charge in [-0.05, 0) is 107 Å². The van der Waals surface area contributed by atoms with Crippen molar-refractivity contribution in [2.24, 2.45) is 23.2 Å². The average Bonchev–Trinajstić information content (AvgIpc) is 3.04. The van der Waals surface area contributed by atoms with Crippen LogP contribution in [0.5, 0.6) is 0 Å². The van der Waals surface area contributed by atoms with Gasteiger partial charge >= 0.3 is 5.97 Å². The first kappa shape index (κ1) is 22.3. The summed E-state index contributed by atoms with van der Waals surface area (Å²) in [5.41, 5.74) is 1.41. The van der Waals surface area contributed by atoms with E-state index in [9.17, 15) is 19.1 Å². The van der Waals surface area contributed by atoms with E-state index >= 15 is 0 Å². The molecule has 0 aliphatic heterocycles. The fourth-order valence-corrected chi connectivity index (χ4v) is 7.48. The fourth-order valence-electron chi connectivity index (χ4n) is 7.48. The largest absolute Gasteiger partial charge is 0.478 e. The number of fused-ring (bicyclic) bond motifs is 5. The standard InChI is InChI=1S/C26H36FNO3/c1-14(2)28(15(3)4)24(29)22-11-10-21-18-7-8-19-16(17(18)12-13-26(21,22)5)6-9-20(23(19)27)25(30)31/h6,9,14-15,17-18,21-22H,7-8,10-13H2,1-5H3,(H,30,31)/t17-,18-,21+,22-,26+/m1/s1. The van der Waals surface area contributed by atoms with Gasteiger partial charge in [0.2, 0.25) is 5.91 Å². The van der Waals surface area contributed by atoms with Gasteiger partial charge in [-0.15, -0.1) is 0 Å². The van der Waals surface area contributed by atoms with Crippen LogP contribution in [0, 0.1) is 29.0 Å². The van der Waals surface area contributed by atoms with Crippen molar-refractivity contribution in [2.75, 3.05) is 0 Å². The molecule has 0 unspecified atom stereocenters. The SMILES string of the molecule is CC(C)N(C(=O)[C@H]1CC[C@H]2[C@@H]3CCc4c(ccc(C(=O)O)c4F)[C@H]3CC[C@]12C)C(C)C. The van der Waals surface area contributed by atoms with Crippen molar-refractivity contribution in [3.8, 4) is 0 Å². The van der Waals surface area contributed by atoms with Gasteiger partial charge in [-0.3, -0.25) is 4.79 Å². The highest BCUT2D eigenvalue weighted by Gasteiger charge is 2.57.